The van der Waals surface area contributed by atoms with E-state index in [2.05, 4.69) is 25.9 Å². The third-order valence-electron chi connectivity index (χ3n) is 3.72. The standard InChI is InChI=1S/C14H23N3O2.C3H8.2C2H6/c1-12-3-6-16(7-4-12)14(18)11-17-10-13(9-15-17)5-8-19-2;1-3-2;2*1-2/h9-10,12H,3-8,11H2,1-2H3;3H2,1-2H3;2*1-2H3. The van der Waals surface area contributed by atoms with E-state index in [1.165, 1.54) is 6.42 Å². The van der Waals surface area contributed by atoms with Crippen molar-refractivity contribution < 1.29 is 9.53 Å². The summed E-state index contributed by atoms with van der Waals surface area (Å²) < 4.78 is 6.76. The molecular weight excluding hydrogens is 326 g/mol. The summed E-state index contributed by atoms with van der Waals surface area (Å²) in [6.45, 7) is 17.3. The number of carbonyl (C=O) groups excluding carboxylic acids is 1. The lowest BCUT2D eigenvalue weighted by Gasteiger charge is -2.30. The molecule has 0 unspecified atom stereocenters. The fourth-order valence-corrected chi connectivity index (χ4v) is 2.34. The Hall–Kier alpha value is -1.36. The monoisotopic (exact) mass is 369 g/mol. The van der Waals surface area contributed by atoms with Gasteiger partial charge in [-0.1, -0.05) is 54.9 Å². The Labute approximate surface area is 162 Å². The summed E-state index contributed by atoms with van der Waals surface area (Å²) >= 11 is 0. The Balaban J connectivity index is 0. The molecule has 1 aliphatic rings. The molecule has 1 amide bonds. The van der Waals surface area contributed by atoms with Crippen LogP contribution in [-0.2, 0) is 22.5 Å². The number of carbonyl (C=O) groups is 1. The number of amides is 1. The predicted molar refractivity (Wildman–Crippen MR) is 111 cm³/mol. The minimum atomic E-state index is 0.174. The van der Waals surface area contributed by atoms with Crippen LogP contribution in [0.2, 0.25) is 0 Å². The maximum Gasteiger partial charge on any atom is 0.244 e. The molecule has 0 aliphatic carbocycles. The first-order valence-corrected chi connectivity index (χ1v) is 10.4. The second kappa shape index (κ2) is 18.4. The van der Waals surface area contributed by atoms with Crippen LogP contribution in [0.25, 0.3) is 0 Å². The number of hydrogen-bond acceptors (Lipinski definition) is 3. The van der Waals surface area contributed by atoms with Crippen molar-refractivity contribution in [3.63, 3.8) is 0 Å². The number of hydrogen-bond donors (Lipinski definition) is 0. The van der Waals surface area contributed by atoms with Gasteiger partial charge in [-0.2, -0.15) is 5.10 Å². The molecule has 0 saturated carbocycles. The summed E-state index contributed by atoms with van der Waals surface area (Å²) in [6.07, 6.45) is 8.06. The minimum absolute atomic E-state index is 0.174. The smallest absolute Gasteiger partial charge is 0.244 e. The average Bonchev–Trinajstić information content (AvgIpc) is 3.12. The van der Waals surface area contributed by atoms with Crippen molar-refractivity contribution in [3.05, 3.63) is 18.0 Å². The molecule has 0 N–H and O–H groups in total. The third kappa shape index (κ3) is 12.1. The Morgan fingerprint density at radius 1 is 1.19 bits per heavy atom. The van der Waals surface area contributed by atoms with Crippen molar-refractivity contribution in [2.24, 2.45) is 5.92 Å². The Bertz CT molecular complexity index is 425. The number of rotatable bonds is 5. The van der Waals surface area contributed by atoms with Crippen LogP contribution >= 0.6 is 0 Å². The zero-order valence-corrected chi connectivity index (χ0v) is 18.5. The van der Waals surface area contributed by atoms with Gasteiger partial charge >= 0.3 is 0 Å². The van der Waals surface area contributed by atoms with E-state index in [4.69, 9.17) is 4.74 Å². The normalized spacial score (nSPS) is 13.5. The Kier molecular flexibility index (Phi) is 19.0. The maximum atomic E-state index is 12.1. The number of likely N-dealkylation sites (tertiary alicyclic amines) is 1. The molecule has 154 valence electrons. The van der Waals surface area contributed by atoms with Crippen LogP contribution < -0.4 is 0 Å². The van der Waals surface area contributed by atoms with Crippen molar-refractivity contribution in [1.29, 1.82) is 0 Å². The summed E-state index contributed by atoms with van der Waals surface area (Å²) in [7, 11) is 1.69. The quantitative estimate of drug-likeness (QED) is 0.749. The second-order valence-electron chi connectivity index (χ2n) is 6.06. The lowest BCUT2D eigenvalue weighted by Crippen LogP contribution is -2.39. The zero-order chi connectivity index (χ0) is 20.4. The van der Waals surface area contributed by atoms with Gasteiger partial charge in [-0.25, -0.2) is 0 Å². The van der Waals surface area contributed by atoms with Gasteiger partial charge < -0.3 is 9.64 Å². The van der Waals surface area contributed by atoms with E-state index in [0.29, 0.717) is 13.2 Å². The van der Waals surface area contributed by atoms with E-state index in [1.807, 2.05) is 45.0 Å². The molecule has 0 bridgehead atoms. The van der Waals surface area contributed by atoms with Crippen LogP contribution in [0.3, 0.4) is 0 Å². The molecule has 0 aromatic carbocycles. The van der Waals surface area contributed by atoms with Crippen LogP contribution in [0.5, 0.6) is 0 Å². The predicted octanol–water partition coefficient (Wildman–Crippen LogP) is 4.80. The Morgan fingerprint density at radius 2 is 1.73 bits per heavy atom. The van der Waals surface area contributed by atoms with Crippen LogP contribution in [0.15, 0.2) is 12.4 Å². The van der Waals surface area contributed by atoms with Gasteiger partial charge in [0.25, 0.3) is 0 Å². The average molecular weight is 370 g/mol. The van der Waals surface area contributed by atoms with Crippen LogP contribution in [0.1, 0.15) is 73.3 Å². The molecule has 0 atom stereocenters. The van der Waals surface area contributed by atoms with Gasteiger partial charge in [0.05, 0.1) is 12.8 Å². The van der Waals surface area contributed by atoms with Crippen molar-refractivity contribution in [1.82, 2.24) is 14.7 Å². The molecule has 2 rings (SSSR count). The number of piperidine rings is 1. The molecule has 0 radical (unpaired) electrons. The van der Waals surface area contributed by atoms with Crippen LogP contribution in [-0.4, -0.2) is 47.4 Å². The van der Waals surface area contributed by atoms with Crippen LogP contribution in [0, 0.1) is 5.92 Å². The zero-order valence-electron chi connectivity index (χ0n) is 18.5. The van der Waals surface area contributed by atoms with Crippen molar-refractivity contribution in [3.8, 4) is 0 Å². The minimum Gasteiger partial charge on any atom is -0.384 e. The SMILES string of the molecule is CC.CC.CCC.COCCc1cnn(CC(=O)N2CCC(C)CC2)c1. The lowest BCUT2D eigenvalue weighted by atomic mass is 9.99. The van der Waals surface area contributed by atoms with E-state index >= 15 is 0 Å². The molecule has 1 fully saturated rings. The topological polar surface area (TPSA) is 47.4 Å². The highest BCUT2D eigenvalue weighted by atomic mass is 16.5. The first-order valence-electron chi connectivity index (χ1n) is 10.4. The number of ether oxygens (including phenoxy) is 1. The third-order valence-corrected chi connectivity index (χ3v) is 3.72. The summed E-state index contributed by atoms with van der Waals surface area (Å²) in [4.78, 5) is 14.1. The van der Waals surface area contributed by atoms with Gasteiger partial charge in [0.1, 0.15) is 6.54 Å². The largest absolute Gasteiger partial charge is 0.384 e. The molecule has 26 heavy (non-hydrogen) atoms. The first kappa shape index (κ1) is 26.9. The maximum absolute atomic E-state index is 12.1. The number of aromatic nitrogens is 2. The van der Waals surface area contributed by atoms with E-state index in [1.54, 1.807) is 11.8 Å². The number of nitrogens with zero attached hydrogens (tertiary/aromatic N) is 3. The van der Waals surface area contributed by atoms with E-state index in [9.17, 15) is 4.79 Å². The second-order valence-corrected chi connectivity index (χ2v) is 6.06. The van der Waals surface area contributed by atoms with E-state index in [0.717, 1.165) is 43.8 Å². The molecule has 2 heterocycles. The first-order chi connectivity index (χ1) is 12.6. The molecule has 5 heteroatoms. The van der Waals surface area contributed by atoms with Crippen molar-refractivity contribution in [2.45, 2.75) is 80.7 Å². The highest BCUT2D eigenvalue weighted by molar-refractivity contribution is 5.76. The van der Waals surface area contributed by atoms with Gasteiger partial charge in [0, 0.05) is 26.4 Å². The van der Waals surface area contributed by atoms with Gasteiger partial charge in [-0.15, -0.1) is 0 Å². The summed E-state index contributed by atoms with van der Waals surface area (Å²) in [5, 5.41) is 4.23. The molecule has 1 aromatic rings. The number of methoxy groups -OCH3 is 1. The van der Waals surface area contributed by atoms with Gasteiger partial charge in [-0.05, 0) is 30.7 Å². The summed E-state index contributed by atoms with van der Waals surface area (Å²) in [6, 6.07) is 0. The van der Waals surface area contributed by atoms with Crippen molar-refractivity contribution in [2.75, 3.05) is 26.8 Å². The Morgan fingerprint density at radius 3 is 2.23 bits per heavy atom. The molecule has 0 spiro atoms. The highest BCUT2D eigenvalue weighted by Crippen LogP contribution is 2.16. The fraction of sp³-hybridized carbons (Fsp3) is 0.810. The molecule has 1 aromatic heterocycles. The molecule has 1 saturated heterocycles. The fourth-order valence-electron chi connectivity index (χ4n) is 2.34. The molecular formula is C21H43N3O2. The van der Waals surface area contributed by atoms with Crippen molar-refractivity contribution >= 4 is 5.91 Å². The van der Waals surface area contributed by atoms with Gasteiger partial charge in [-0.3, -0.25) is 9.48 Å². The highest BCUT2D eigenvalue weighted by Gasteiger charge is 2.20. The summed E-state index contributed by atoms with van der Waals surface area (Å²) in [5.74, 6) is 0.919. The summed E-state index contributed by atoms with van der Waals surface area (Å²) in [5.41, 5.74) is 1.11. The van der Waals surface area contributed by atoms with Gasteiger partial charge in [0.2, 0.25) is 5.91 Å². The van der Waals surface area contributed by atoms with Gasteiger partial charge in [0.15, 0.2) is 0 Å². The van der Waals surface area contributed by atoms with E-state index < -0.39 is 0 Å². The van der Waals surface area contributed by atoms with E-state index in [-0.39, 0.29) is 5.91 Å². The van der Waals surface area contributed by atoms with Crippen LogP contribution in [0.4, 0.5) is 0 Å². The molecule has 1 aliphatic heterocycles. The molecule has 5 nitrogen and oxygen atoms in total. The lowest BCUT2D eigenvalue weighted by molar-refractivity contribution is -0.133.